The van der Waals surface area contributed by atoms with E-state index >= 15 is 0 Å². The van der Waals surface area contributed by atoms with Gasteiger partial charge < -0.3 is 9.84 Å². The van der Waals surface area contributed by atoms with Crippen LogP contribution in [-0.2, 0) is 19.5 Å². The van der Waals surface area contributed by atoms with E-state index in [2.05, 4.69) is 4.36 Å². The molecule has 0 saturated heterocycles. The van der Waals surface area contributed by atoms with E-state index < -0.39 is 33.5 Å². The van der Waals surface area contributed by atoms with E-state index in [0.29, 0.717) is 0 Å². The number of carbonyl (C=O) groups is 1. The molecule has 2 rings (SSSR count). The summed E-state index contributed by atoms with van der Waals surface area (Å²) in [7, 11) is -3.75. The van der Waals surface area contributed by atoms with Gasteiger partial charge in [0.1, 0.15) is 0 Å². The van der Waals surface area contributed by atoms with E-state index in [1.54, 1.807) is 26.0 Å². The van der Waals surface area contributed by atoms with Gasteiger partial charge in [0, 0.05) is 5.56 Å². The van der Waals surface area contributed by atoms with Gasteiger partial charge in [0.05, 0.1) is 11.0 Å². The molecular weight excluding hydrogens is 270 g/mol. The van der Waals surface area contributed by atoms with Gasteiger partial charge in [-0.1, -0.05) is 12.1 Å². The highest BCUT2D eigenvalue weighted by Crippen LogP contribution is 2.31. The Morgan fingerprint density at radius 2 is 2.00 bits per heavy atom. The summed E-state index contributed by atoms with van der Waals surface area (Å²) in [6.07, 6.45) is -0.421. The van der Waals surface area contributed by atoms with Gasteiger partial charge in [-0.25, -0.2) is 9.00 Å². The lowest BCUT2D eigenvalue weighted by Gasteiger charge is -2.17. The summed E-state index contributed by atoms with van der Waals surface area (Å²) in [5.74, 6) is -1.38. The molecule has 1 aliphatic rings. The van der Waals surface area contributed by atoms with E-state index in [0.717, 1.165) is 0 Å². The van der Waals surface area contributed by atoms with E-state index in [9.17, 15) is 18.7 Å². The number of nitrogens with zero attached hydrogens (tertiary/aromatic N) is 1. The van der Waals surface area contributed by atoms with Crippen LogP contribution in [0.4, 0.5) is 0 Å². The molecule has 0 aliphatic carbocycles. The van der Waals surface area contributed by atoms with E-state index in [1.165, 1.54) is 12.1 Å². The number of ether oxygens (including phenoxy) is 1. The highest BCUT2D eigenvalue weighted by atomic mass is 32.2. The SMILES string of the molecule is CC(C)OC(=O)C1=C(O)c2ccccc2S(=O)(O)=N1. The topological polar surface area (TPSA) is 96.2 Å². The van der Waals surface area contributed by atoms with Crippen LogP contribution in [0.25, 0.3) is 5.76 Å². The number of fused-ring (bicyclic) bond motifs is 1. The second-order valence-corrected chi connectivity index (χ2v) is 5.85. The predicted octanol–water partition coefficient (Wildman–Crippen LogP) is 2.18. The second kappa shape index (κ2) is 4.67. The molecule has 2 N–H and O–H groups in total. The third kappa shape index (κ3) is 2.47. The van der Waals surface area contributed by atoms with Crippen LogP contribution in [0.5, 0.6) is 0 Å². The van der Waals surface area contributed by atoms with Gasteiger partial charge in [0.25, 0.3) is 0 Å². The standard InChI is InChI=1S/C12H13NO5S/c1-7(2)18-12(15)10-11(14)8-5-3-4-6-9(8)19(16,17)13-10/h3-7,14H,1-2H3,(H,13,16,17). The number of benzene rings is 1. The van der Waals surface area contributed by atoms with Gasteiger partial charge in [-0.2, -0.15) is 4.36 Å². The number of hydrogen-bond donors (Lipinski definition) is 2. The summed E-state index contributed by atoms with van der Waals surface area (Å²) < 4.78 is 30.1. The van der Waals surface area contributed by atoms with Gasteiger partial charge in [-0.3, -0.25) is 4.55 Å². The molecule has 7 heteroatoms. The molecular formula is C12H13NO5S. The lowest BCUT2D eigenvalue weighted by Crippen LogP contribution is -2.18. The molecule has 1 atom stereocenters. The van der Waals surface area contributed by atoms with Crippen LogP contribution in [0.15, 0.2) is 39.2 Å². The van der Waals surface area contributed by atoms with Crippen LogP contribution in [0.1, 0.15) is 19.4 Å². The van der Waals surface area contributed by atoms with Crippen LogP contribution >= 0.6 is 0 Å². The van der Waals surface area contributed by atoms with E-state index in [4.69, 9.17) is 4.74 Å². The molecule has 1 aromatic carbocycles. The first kappa shape index (κ1) is 13.6. The molecule has 0 amide bonds. The Bertz CT molecular complexity index is 683. The van der Waals surface area contributed by atoms with E-state index in [-0.39, 0.29) is 10.5 Å². The molecule has 102 valence electrons. The number of carbonyl (C=O) groups excluding carboxylic acids is 1. The summed E-state index contributed by atoms with van der Waals surface area (Å²) in [5, 5.41) is 9.99. The predicted molar refractivity (Wildman–Crippen MR) is 68.7 cm³/mol. The van der Waals surface area contributed by atoms with Crippen molar-refractivity contribution in [3.63, 3.8) is 0 Å². The van der Waals surface area contributed by atoms with Crippen LogP contribution in [0, 0.1) is 0 Å². The highest BCUT2D eigenvalue weighted by Gasteiger charge is 2.29. The molecule has 0 saturated carbocycles. The van der Waals surface area contributed by atoms with Crippen molar-refractivity contribution in [3.05, 3.63) is 35.5 Å². The van der Waals surface area contributed by atoms with Crippen molar-refractivity contribution in [3.8, 4) is 0 Å². The number of rotatable bonds is 2. The Morgan fingerprint density at radius 3 is 2.63 bits per heavy atom. The fraction of sp³-hybridized carbons (Fsp3) is 0.250. The van der Waals surface area contributed by atoms with Crippen molar-refractivity contribution >= 4 is 21.7 Å². The number of aliphatic hydroxyl groups excluding tert-OH is 1. The van der Waals surface area contributed by atoms with Crippen molar-refractivity contribution in [2.24, 2.45) is 4.36 Å². The first-order chi connectivity index (χ1) is 8.83. The van der Waals surface area contributed by atoms with Gasteiger partial charge in [0.2, 0.25) is 5.70 Å². The maximum absolute atomic E-state index is 12.0. The Labute approximate surface area is 110 Å². The lowest BCUT2D eigenvalue weighted by atomic mass is 10.1. The molecule has 0 radical (unpaired) electrons. The Morgan fingerprint density at radius 1 is 1.37 bits per heavy atom. The molecule has 1 aromatic rings. The average molecular weight is 283 g/mol. The van der Waals surface area contributed by atoms with Crippen molar-refractivity contribution in [2.45, 2.75) is 24.8 Å². The highest BCUT2D eigenvalue weighted by molar-refractivity contribution is 7.88. The zero-order valence-corrected chi connectivity index (χ0v) is 11.2. The minimum atomic E-state index is -3.75. The number of esters is 1. The monoisotopic (exact) mass is 283 g/mol. The normalized spacial score (nSPS) is 21.9. The molecule has 6 nitrogen and oxygen atoms in total. The molecule has 0 spiro atoms. The van der Waals surface area contributed by atoms with E-state index in [1.807, 2.05) is 0 Å². The van der Waals surface area contributed by atoms with Gasteiger partial charge in [-0.05, 0) is 26.0 Å². The minimum absolute atomic E-state index is 0.0198. The van der Waals surface area contributed by atoms with Crippen LogP contribution in [0.3, 0.4) is 0 Å². The van der Waals surface area contributed by atoms with Crippen molar-refractivity contribution in [2.75, 3.05) is 0 Å². The largest absolute Gasteiger partial charge is 0.505 e. The lowest BCUT2D eigenvalue weighted by molar-refractivity contribution is -0.142. The summed E-state index contributed by atoms with van der Waals surface area (Å²) in [6.45, 7) is 3.26. The maximum Gasteiger partial charge on any atom is 0.361 e. The molecule has 0 aromatic heterocycles. The van der Waals surface area contributed by atoms with Crippen molar-refractivity contribution < 1.29 is 23.4 Å². The Hall–Kier alpha value is -1.86. The van der Waals surface area contributed by atoms with Crippen LogP contribution in [0.2, 0.25) is 0 Å². The third-order valence-electron chi connectivity index (χ3n) is 2.40. The van der Waals surface area contributed by atoms with Crippen molar-refractivity contribution in [1.82, 2.24) is 0 Å². The van der Waals surface area contributed by atoms with Gasteiger partial charge in [0.15, 0.2) is 15.8 Å². The zero-order chi connectivity index (χ0) is 14.2. The van der Waals surface area contributed by atoms with Gasteiger partial charge in [-0.15, -0.1) is 0 Å². The molecule has 0 fully saturated rings. The minimum Gasteiger partial charge on any atom is -0.505 e. The fourth-order valence-electron chi connectivity index (χ4n) is 1.64. The maximum atomic E-state index is 12.0. The quantitative estimate of drug-likeness (QED) is 0.811. The molecule has 1 heterocycles. The molecule has 19 heavy (non-hydrogen) atoms. The third-order valence-corrected chi connectivity index (χ3v) is 3.76. The van der Waals surface area contributed by atoms with Crippen molar-refractivity contribution in [1.29, 1.82) is 0 Å². The summed E-state index contributed by atoms with van der Waals surface area (Å²) >= 11 is 0. The summed E-state index contributed by atoms with van der Waals surface area (Å²) in [4.78, 5) is 11.7. The molecule has 1 unspecified atom stereocenters. The smallest absolute Gasteiger partial charge is 0.361 e. The molecule has 0 bridgehead atoms. The second-order valence-electron chi connectivity index (χ2n) is 4.24. The molecule has 1 aliphatic heterocycles. The first-order valence-corrected chi connectivity index (χ1v) is 7.03. The fourth-order valence-corrected chi connectivity index (χ4v) is 2.86. The summed E-state index contributed by atoms with van der Waals surface area (Å²) in [5.41, 5.74) is -0.416. The number of aliphatic hydroxyl groups is 1. The Balaban J connectivity index is 2.62. The average Bonchev–Trinajstić information content (AvgIpc) is 2.33. The first-order valence-electron chi connectivity index (χ1n) is 5.56. The zero-order valence-electron chi connectivity index (χ0n) is 10.4. The van der Waals surface area contributed by atoms with Gasteiger partial charge >= 0.3 is 5.97 Å². The van der Waals surface area contributed by atoms with Crippen LogP contribution < -0.4 is 0 Å². The Kier molecular flexibility index (Phi) is 3.34. The van der Waals surface area contributed by atoms with Crippen LogP contribution in [-0.4, -0.2) is 25.9 Å². The number of hydrogen-bond acceptors (Lipinski definition) is 5. The summed E-state index contributed by atoms with van der Waals surface area (Å²) in [6, 6.07) is 5.95.